The van der Waals surface area contributed by atoms with Crippen LogP contribution in [0.25, 0.3) is 11.4 Å². The Labute approximate surface area is 164 Å². The van der Waals surface area contributed by atoms with Crippen LogP contribution in [0, 0.1) is 0 Å². The molecule has 27 heavy (non-hydrogen) atoms. The molecule has 144 valence electrons. The molecule has 1 atom stereocenters. The van der Waals surface area contributed by atoms with Gasteiger partial charge in [0.05, 0.1) is 5.25 Å². The maximum Gasteiger partial charge on any atom is 0.233 e. The van der Waals surface area contributed by atoms with Crippen molar-refractivity contribution in [2.24, 2.45) is 0 Å². The fourth-order valence-corrected chi connectivity index (χ4v) is 4.59. The van der Waals surface area contributed by atoms with E-state index in [0.717, 1.165) is 42.2 Å². The molecule has 0 saturated heterocycles. The Hall–Kier alpha value is -1.89. The van der Waals surface area contributed by atoms with Crippen molar-refractivity contribution in [1.82, 2.24) is 25.1 Å². The van der Waals surface area contributed by atoms with Crippen LogP contribution in [0.2, 0.25) is 0 Å². The Kier molecular flexibility index (Phi) is 5.76. The molecule has 0 radical (unpaired) electrons. The molecule has 7 heteroatoms. The Balaban J connectivity index is 1.45. The number of hydrogen-bond acceptors (Lipinski definition) is 5. The molecular weight excluding hydrogens is 358 g/mol. The molecule has 2 saturated carbocycles. The second-order valence-corrected chi connectivity index (χ2v) is 8.91. The number of pyridine rings is 1. The molecule has 2 aromatic heterocycles. The molecule has 0 bridgehead atoms. The minimum Gasteiger partial charge on any atom is -0.352 e. The van der Waals surface area contributed by atoms with E-state index in [0.29, 0.717) is 12.1 Å². The number of nitrogens with one attached hydrogen (secondary N) is 1. The van der Waals surface area contributed by atoms with Crippen molar-refractivity contribution in [3.8, 4) is 11.4 Å². The molecule has 2 fully saturated rings. The van der Waals surface area contributed by atoms with E-state index in [2.05, 4.69) is 25.1 Å². The quantitative estimate of drug-likeness (QED) is 0.601. The summed E-state index contributed by atoms with van der Waals surface area (Å²) in [6.45, 7) is 1.96. The average Bonchev–Trinajstić information content (AvgIpc) is 3.48. The zero-order valence-corrected chi connectivity index (χ0v) is 16.6. The fraction of sp³-hybridized carbons (Fsp3) is 0.600. The summed E-state index contributed by atoms with van der Waals surface area (Å²) in [5.74, 6) is 0.963. The first-order chi connectivity index (χ1) is 13.2. The number of amides is 1. The summed E-state index contributed by atoms with van der Waals surface area (Å²) in [5.41, 5.74) is 0.972. The zero-order chi connectivity index (χ0) is 18.6. The minimum absolute atomic E-state index is 0.111. The van der Waals surface area contributed by atoms with E-state index in [1.165, 1.54) is 37.4 Å². The standard InChI is InChI=1S/C20H27N5OS/c1-14(19(26)22-16-8-4-2-3-5-9-16)27-20-24-23-18(25(20)17-10-11-17)15-7-6-12-21-13-15/h6-7,12-14,16-17H,2-5,8-11H2,1H3,(H,22,26). The van der Waals surface area contributed by atoms with Crippen molar-refractivity contribution < 1.29 is 4.79 Å². The van der Waals surface area contributed by atoms with Crippen LogP contribution in [0.1, 0.15) is 64.3 Å². The molecule has 0 aromatic carbocycles. The molecule has 2 aromatic rings. The van der Waals surface area contributed by atoms with E-state index in [-0.39, 0.29) is 11.2 Å². The Morgan fingerprint density at radius 1 is 1.19 bits per heavy atom. The van der Waals surface area contributed by atoms with Gasteiger partial charge in [0.1, 0.15) is 0 Å². The lowest BCUT2D eigenvalue weighted by atomic mass is 10.1. The summed E-state index contributed by atoms with van der Waals surface area (Å²) in [7, 11) is 0. The van der Waals surface area contributed by atoms with E-state index in [9.17, 15) is 4.79 Å². The van der Waals surface area contributed by atoms with Gasteiger partial charge in [-0.2, -0.15) is 0 Å². The van der Waals surface area contributed by atoms with Gasteiger partial charge in [-0.25, -0.2) is 0 Å². The number of aromatic nitrogens is 4. The highest BCUT2D eigenvalue weighted by atomic mass is 32.2. The van der Waals surface area contributed by atoms with Gasteiger partial charge in [0.2, 0.25) is 5.91 Å². The monoisotopic (exact) mass is 385 g/mol. The molecule has 2 aliphatic rings. The predicted molar refractivity (Wildman–Crippen MR) is 106 cm³/mol. The van der Waals surface area contributed by atoms with Gasteiger partial charge in [0, 0.05) is 30.0 Å². The largest absolute Gasteiger partial charge is 0.352 e. The topological polar surface area (TPSA) is 72.7 Å². The lowest BCUT2D eigenvalue weighted by Crippen LogP contribution is -2.39. The highest BCUT2D eigenvalue weighted by Crippen LogP contribution is 2.41. The van der Waals surface area contributed by atoms with E-state index < -0.39 is 0 Å². The molecule has 0 spiro atoms. The third kappa shape index (κ3) is 4.51. The van der Waals surface area contributed by atoms with Crippen molar-refractivity contribution in [2.75, 3.05) is 0 Å². The van der Waals surface area contributed by atoms with E-state index in [1.54, 1.807) is 6.20 Å². The molecule has 1 N–H and O–H groups in total. The maximum atomic E-state index is 12.7. The molecule has 2 aliphatic carbocycles. The Bertz CT molecular complexity index is 766. The van der Waals surface area contributed by atoms with E-state index >= 15 is 0 Å². The van der Waals surface area contributed by atoms with Crippen LogP contribution in [0.3, 0.4) is 0 Å². The van der Waals surface area contributed by atoms with E-state index in [1.807, 2.05) is 25.3 Å². The van der Waals surface area contributed by atoms with Crippen LogP contribution < -0.4 is 5.32 Å². The summed E-state index contributed by atoms with van der Waals surface area (Å²) in [5, 5.41) is 12.7. The highest BCUT2D eigenvalue weighted by Gasteiger charge is 2.31. The normalized spacial score (nSPS) is 19.4. The number of nitrogens with zero attached hydrogens (tertiary/aromatic N) is 4. The summed E-state index contributed by atoms with van der Waals surface area (Å²) in [4.78, 5) is 16.9. The molecular formula is C20H27N5OS. The number of thioether (sulfide) groups is 1. The van der Waals surface area contributed by atoms with Crippen LogP contribution in [0.15, 0.2) is 29.7 Å². The molecule has 2 heterocycles. The molecule has 6 nitrogen and oxygen atoms in total. The number of carbonyl (C=O) groups is 1. The lowest BCUT2D eigenvalue weighted by molar-refractivity contribution is -0.121. The van der Waals surface area contributed by atoms with Crippen molar-refractivity contribution in [3.63, 3.8) is 0 Å². The van der Waals surface area contributed by atoms with Crippen molar-refractivity contribution in [2.45, 2.75) is 80.8 Å². The van der Waals surface area contributed by atoms with Gasteiger partial charge < -0.3 is 5.32 Å². The third-order valence-corrected chi connectivity index (χ3v) is 6.41. The van der Waals surface area contributed by atoms with Crippen molar-refractivity contribution >= 4 is 17.7 Å². The zero-order valence-electron chi connectivity index (χ0n) is 15.8. The third-order valence-electron chi connectivity index (χ3n) is 5.35. The number of hydrogen-bond donors (Lipinski definition) is 1. The van der Waals surface area contributed by atoms with Crippen LogP contribution >= 0.6 is 11.8 Å². The first-order valence-corrected chi connectivity index (χ1v) is 10.9. The molecule has 1 unspecified atom stereocenters. The Morgan fingerprint density at radius 2 is 1.96 bits per heavy atom. The van der Waals surface area contributed by atoms with E-state index in [4.69, 9.17) is 0 Å². The van der Waals surface area contributed by atoms with Crippen molar-refractivity contribution in [1.29, 1.82) is 0 Å². The average molecular weight is 386 g/mol. The van der Waals surface area contributed by atoms with Crippen LogP contribution in [-0.4, -0.2) is 36.9 Å². The van der Waals surface area contributed by atoms with Gasteiger partial charge >= 0.3 is 0 Å². The van der Waals surface area contributed by atoms with Gasteiger partial charge in [-0.3, -0.25) is 14.3 Å². The number of carbonyl (C=O) groups excluding carboxylic acids is 1. The minimum atomic E-state index is -0.184. The van der Waals surface area contributed by atoms with Crippen LogP contribution in [0.5, 0.6) is 0 Å². The summed E-state index contributed by atoms with van der Waals surface area (Å²) < 4.78 is 2.19. The smallest absolute Gasteiger partial charge is 0.233 e. The second kappa shape index (κ2) is 8.42. The summed E-state index contributed by atoms with van der Waals surface area (Å²) >= 11 is 1.51. The van der Waals surface area contributed by atoms with Gasteiger partial charge in [-0.15, -0.1) is 10.2 Å². The fourth-order valence-electron chi connectivity index (χ4n) is 3.67. The predicted octanol–water partition coefficient (Wildman–Crippen LogP) is 3.99. The molecule has 0 aliphatic heterocycles. The Morgan fingerprint density at radius 3 is 2.63 bits per heavy atom. The highest BCUT2D eigenvalue weighted by molar-refractivity contribution is 8.00. The SMILES string of the molecule is CC(Sc1nnc(-c2cccnc2)n1C1CC1)C(=O)NC1CCCCCC1. The first-order valence-electron chi connectivity index (χ1n) is 10.0. The van der Waals surface area contributed by atoms with Gasteiger partial charge in [0.25, 0.3) is 0 Å². The van der Waals surface area contributed by atoms with Crippen LogP contribution in [0.4, 0.5) is 0 Å². The second-order valence-electron chi connectivity index (χ2n) is 7.61. The van der Waals surface area contributed by atoms with Gasteiger partial charge in [-0.05, 0) is 44.7 Å². The van der Waals surface area contributed by atoms with Crippen LogP contribution in [-0.2, 0) is 4.79 Å². The van der Waals surface area contributed by atoms with Gasteiger partial charge in [-0.1, -0.05) is 37.4 Å². The van der Waals surface area contributed by atoms with Crippen molar-refractivity contribution in [3.05, 3.63) is 24.5 Å². The maximum absolute atomic E-state index is 12.7. The molecule has 1 amide bonds. The summed E-state index contributed by atoms with van der Waals surface area (Å²) in [6.07, 6.45) is 13.1. The lowest BCUT2D eigenvalue weighted by Gasteiger charge is -2.19. The molecule has 4 rings (SSSR count). The van der Waals surface area contributed by atoms with Gasteiger partial charge in [0.15, 0.2) is 11.0 Å². The number of rotatable bonds is 6. The first kappa shape index (κ1) is 18.5. The summed E-state index contributed by atoms with van der Waals surface area (Å²) in [6, 6.07) is 4.69.